The molecule has 0 radical (unpaired) electrons. The van der Waals surface area contributed by atoms with Gasteiger partial charge in [-0.25, -0.2) is 0 Å². The molecule has 86 valence electrons. The molecule has 0 aromatic heterocycles. The lowest BCUT2D eigenvalue weighted by Gasteiger charge is -2.28. The first-order valence-electron chi connectivity index (χ1n) is 5.79. The Balaban J connectivity index is 2.03. The highest BCUT2D eigenvalue weighted by molar-refractivity contribution is 5.75. The molecule has 2 aliphatic rings. The van der Waals surface area contributed by atoms with Crippen LogP contribution in [0.5, 0.6) is 0 Å². The molecule has 3 heteroatoms. The minimum Gasteiger partial charge on any atom is -0.481 e. The average molecular weight is 212 g/mol. The molecule has 1 aliphatic heterocycles. The predicted molar refractivity (Wildman–Crippen MR) is 56.5 cm³/mol. The van der Waals surface area contributed by atoms with Gasteiger partial charge in [0.15, 0.2) is 0 Å². The van der Waals surface area contributed by atoms with Crippen molar-refractivity contribution in [1.29, 1.82) is 0 Å². The second-order valence-electron chi connectivity index (χ2n) is 5.70. The SMILES string of the molecule is C[C@H]1CCO[C@H]([C@@H]2[C@H](C(=O)O)C2(C)C)C1. The summed E-state index contributed by atoms with van der Waals surface area (Å²) in [5, 5.41) is 9.10. The summed E-state index contributed by atoms with van der Waals surface area (Å²) in [7, 11) is 0. The number of carboxylic acid groups (broad SMARTS) is 1. The summed E-state index contributed by atoms with van der Waals surface area (Å²) in [5.74, 6) is 0.0342. The molecule has 0 bridgehead atoms. The average Bonchev–Trinajstić information content (AvgIpc) is 2.69. The van der Waals surface area contributed by atoms with Crippen molar-refractivity contribution in [2.45, 2.75) is 39.7 Å². The summed E-state index contributed by atoms with van der Waals surface area (Å²) in [4.78, 5) is 11.1. The van der Waals surface area contributed by atoms with Crippen LogP contribution in [0.2, 0.25) is 0 Å². The topological polar surface area (TPSA) is 46.5 Å². The fraction of sp³-hybridized carbons (Fsp3) is 0.917. The number of aliphatic carboxylic acids is 1. The number of rotatable bonds is 2. The molecular formula is C12H20O3. The van der Waals surface area contributed by atoms with E-state index in [2.05, 4.69) is 6.92 Å². The Morgan fingerprint density at radius 1 is 1.47 bits per heavy atom. The smallest absolute Gasteiger partial charge is 0.307 e. The lowest BCUT2D eigenvalue weighted by molar-refractivity contribution is -0.140. The zero-order valence-electron chi connectivity index (χ0n) is 9.69. The van der Waals surface area contributed by atoms with Gasteiger partial charge in [-0.2, -0.15) is 0 Å². The van der Waals surface area contributed by atoms with E-state index in [9.17, 15) is 4.79 Å². The quantitative estimate of drug-likeness (QED) is 0.763. The van der Waals surface area contributed by atoms with Gasteiger partial charge < -0.3 is 9.84 Å². The van der Waals surface area contributed by atoms with E-state index in [0.29, 0.717) is 5.92 Å². The Labute approximate surface area is 90.8 Å². The van der Waals surface area contributed by atoms with E-state index in [1.807, 2.05) is 13.8 Å². The highest BCUT2D eigenvalue weighted by Gasteiger charge is 2.65. The van der Waals surface area contributed by atoms with E-state index < -0.39 is 5.97 Å². The summed E-state index contributed by atoms with van der Waals surface area (Å²) in [6, 6.07) is 0. The first kappa shape index (κ1) is 10.9. The standard InChI is InChI=1S/C12H20O3/c1-7-4-5-15-8(6-7)9-10(11(13)14)12(9,2)3/h7-10H,4-6H2,1-3H3,(H,13,14)/t7-,8-,9+,10+/m0/s1. The molecule has 4 atom stereocenters. The van der Waals surface area contributed by atoms with Crippen LogP contribution in [-0.2, 0) is 9.53 Å². The first-order valence-corrected chi connectivity index (χ1v) is 5.79. The van der Waals surface area contributed by atoms with Crippen LogP contribution in [0.25, 0.3) is 0 Å². The molecule has 0 amide bonds. The van der Waals surface area contributed by atoms with Crippen molar-refractivity contribution < 1.29 is 14.6 Å². The molecular weight excluding hydrogens is 192 g/mol. The van der Waals surface area contributed by atoms with Crippen LogP contribution in [0.4, 0.5) is 0 Å². The second kappa shape index (κ2) is 3.48. The predicted octanol–water partition coefficient (Wildman–Crippen LogP) is 2.16. The van der Waals surface area contributed by atoms with Crippen molar-refractivity contribution in [1.82, 2.24) is 0 Å². The Morgan fingerprint density at radius 3 is 2.60 bits per heavy atom. The van der Waals surface area contributed by atoms with Crippen LogP contribution < -0.4 is 0 Å². The number of ether oxygens (including phenoxy) is 1. The van der Waals surface area contributed by atoms with Gasteiger partial charge in [0.2, 0.25) is 0 Å². The normalized spacial score (nSPS) is 43.7. The maximum atomic E-state index is 11.1. The largest absolute Gasteiger partial charge is 0.481 e. The van der Waals surface area contributed by atoms with Gasteiger partial charge in [-0.1, -0.05) is 20.8 Å². The van der Waals surface area contributed by atoms with Crippen LogP contribution in [0.15, 0.2) is 0 Å². The van der Waals surface area contributed by atoms with Gasteiger partial charge >= 0.3 is 5.97 Å². The molecule has 2 rings (SSSR count). The number of carbonyl (C=O) groups is 1. The third kappa shape index (κ3) is 1.78. The molecule has 0 unspecified atom stereocenters. The molecule has 0 aromatic carbocycles. The first-order chi connectivity index (χ1) is 6.94. The minimum atomic E-state index is -0.660. The van der Waals surface area contributed by atoms with Gasteiger partial charge in [0.05, 0.1) is 12.0 Å². The maximum Gasteiger partial charge on any atom is 0.307 e. The summed E-state index contributed by atoms with van der Waals surface area (Å²) in [6.07, 6.45) is 2.31. The van der Waals surface area contributed by atoms with Crippen LogP contribution >= 0.6 is 0 Å². The van der Waals surface area contributed by atoms with Crippen LogP contribution in [-0.4, -0.2) is 23.8 Å². The molecule has 1 heterocycles. The highest BCUT2D eigenvalue weighted by atomic mass is 16.5. The van der Waals surface area contributed by atoms with Crippen molar-refractivity contribution in [2.75, 3.05) is 6.61 Å². The van der Waals surface area contributed by atoms with Gasteiger partial charge in [-0.15, -0.1) is 0 Å². The number of hydrogen-bond donors (Lipinski definition) is 1. The van der Waals surface area contributed by atoms with Gasteiger partial charge in [-0.05, 0) is 24.2 Å². The van der Waals surface area contributed by atoms with Crippen molar-refractivity contribution in [3.8, 4) is 0 Å². The fourth-order valence-corrected chi connectivity index (χ4v) is 3.10. The van der Waals surface area contributed by atoms with Crippen LogP contribution in [0, 0.1) is 23.2 Å². The molecule has 1 saturated heterocycles. The highest BCUT2D eigenvalue weighted by Crippen LogP contribution is 2.61. The third-order valence-corrected chi connectivity index (χ3v) is 4.15. The zero-order chi connectivity index (χ0) is 11.2. The third-order valence-electron chi connectivity index (χ3n) is 4.15. The van der Waals surface area contributed by atoms with E-state index in [1.165, 1.54) is 0 Å². The summed E-state index contributed by atoms with van der Waals surface area (Å²) in [6.45, 7) is 7.10. The van der Waals surface area contributed by atoms with E-state index >= 15 is 0 Å². The van der Waals surface area contributed by atoms with Crippen molar-refractivity contribution in [3.63, 3.8) is 0 Å². The molecule has 1 N–H and O–H groups in total. The van der Waals surface area contributed by atoms with Crippen molar-refractivity contribution >= 4 is 5.97 Å². The van der Waals surface area contributed by atoms with E-state index in [4.69, 9.17) is 9.84 Å². The van der Waals surface area contributed by atoms with Crippen LogP contribution in [0.1, 0.15) is 33.6 Å². The van der Waals surface area contributed by atoms with E-state index in [-0.39, 0.29) is 23.4 Å². The lowest BCUT2D eigenvalue weighted by atomic mass is 9.92. The van der Waals surface area contributed by atoms with Crippen LogP contribution in [0.3, 0.4) is 0 Å². The molecule has 2 fully saturated rings. The van der Waals surface area contributed by atoms with Gasteiger partial charge in [0, 0.05) is 12.5 Å². The molecule has 1 aliphatic carbocycles. The monoisotopic (exact) mass is 212 g/mol. The van der Waals surface area contributed by atoms with Gasteiger partial charge in [0.25, 0.3) is 0 Å². The second-order valence-corrected chi connectivity index (χ2v) is 5.70. The van der Waals surface area contributed by atoms with Crippen molar-refractivity contribution in [2.24, 2.45) is 23.2 Å². The van der Waals surface area contributed by atoms with Gasteiger partial charge in [0.1, 0.15) is 0 Å². The molecule has 0 spiro atoms. The Hall–Kier alpha value is -0.570. The lowest BCUT2D eigenvalue weighted by Crippen LogP contribution is -2.28. The molecule has 3 nitrogen and oxygen atoms in total. The van der Waals surface area contributed by atoms with Crippen molar-refractivity contribution in [3.05, 3.63) is 0 Å². The number of hydrogen-bond acceptors (Lipinski definition) is 2. The van der Waals surface area contributed by atoms with Gasteiger partial charge in [-0.3, -0.25) is 4.79 Å². The molecule has 0 aromatic rings. The summed E-state index contributed by atoms with van der Waals surface area (Å²) in [5.41, 5.74) is -0.0758. The Morgan fingerprint density at radius 2 is 2.13 bits per heavy atom. The Kier molecular flexibility index (Phi) is 2.53. The zero-order valence-corrected chi connectivity index (χ0v) is 9.69. The minimum absolute atomic E-state index is 0.0758. The fourth-order valence-electron chi connectivity index (χ4n) is 3.10. The van der Waals surface area contributed by atoms with E-state index in [1.54, 1.807) is 0 Å². The maximum absolute atomic E-state index is 11.1. The summed E-state index contributed by atoms with van der Waals surface area (Å²) < 4.78 is 5.72. The van der Waals surface area contributed by atoms with E-state index in [0.717, 1.165) is 19.4 Å². The Bertz CT molecular complexity index is 272. The number of carboxylic acids is 1. The molecule has 15 heavy (non-hydrogen) atoms. The summed E-state index contributed by atoms with van der Waals surface area (Å²) >= 11 is 0. The molecule has 1 saturated carbocycles.